The number of methoxy groups -OCH3 is 1. The lowest BCUT2D eigenvalue weighted by Crippen LogP contribution is -2.20. The Hall–Kier alpha value is -1.55. The highest BCUT2D eigenvalue weighted by molar-refractivity contribution is 5.71. The molecule has 0 spiro atoms. The molecule has 1 atom stereocenters. The van der Waals surface area contributed by atoms with E-state index in [0.717, 1.165) is 11.3 Å². The third-order valence-electron chi connectivity index (χ3n) is 2.27. The molecule has 1 rings (SSSR count). The van der Waals surface area contributed by atoms with Crippen molar-refractivity contribution < 1.29 is 19.4 Å². The summed E-state index contributed by atoms with van der Waals surface area (Å²) in [4.78, 5) is 10.5. The normalized spacial score (nSPS) is 12.1. The first-order chi connectivity index (χ1) is 7.63. The number of hydrogen-bond donors (Lipinski definition) is 1. The fraction of sp³-hybridized carbons (Fsp3) is 0.417. The fourth-order valence-electron chi connectivity index (χ4n) is 1.22. The molecular formula is C12H16O4. The highest BCUT2D eigenvalue weighted by Crippen LogP contribution is 2.11. The van der Waals surface area contributed by atoms with Gasteiger partial charge in [0, 0.05) is 0 Å². The van der Waals surface area contributed by atoms with Crippen molar-refractivity contribution >= 4 is 5.97 Å². The molecule has 88 valence electrons. The van der Waals surface area contributed by atoms with Crippen molar-refractivity contribution in [3.63, 3.8) is 0 Å². The van der Waals surface area contributed by atoms with Gasteiger partial charge in [-0.1, -0.05) is 12.1 Å². The SMILES string of the molecule is COc1ccc(CCO[C@H](C)C(=O)O)cc1. The number of rotatable bonds is 6. The first-order valence-corrected chi connectivity index (χ1v) is 5.11. The maximum Gasteiger partial charge on any atom is 0.332 e. The molecule has 0 aromatic heterocycles. The molecular weight excluding hydrogens is 208 g/mol. The van der Waals surface area contributed by atoms with Gasteiger partial charge >= 0.3 is 5.97 Å². The average Bonchev–Trinajstić information content (AvgIpc) is 2.29. The minimum atomic E-state index is -0.935. The molecule has 1 aromatic rings. The smallest absolute Gasteiger partial charge is 0.332 e. The lowest BCUT2D eigenvalue weighted by molar-refractivity contribution is -0.149. The number of benzene rings is 1. The van der Waals surface area contributed by atoms with Gasteiger partial charge < -0.3 is 14.6 Å². The van der Waals surface area contributed by atoms with Gasteiger partial charge in [-0.25, -0.2) is 4.79 Å². The Morgan fingerprint density at radius 1 is 1.38 bits per heavy atom. The van der Waals surface area contributed by atoms with Crippen LogP contribution < -0.4 is 4.74 Å². The first kappa shape index (κ1) is 12.5. The number of hydrogen-bond acceptors (Lipinski definition) is 3. The minimum absolute atomic E-state index is 0.403. The van der Waals surface area contributed by atoms with Crippen LogP contribution in [0.15, 0.2) is 24.3 Å². The van der Waals surface area contributed by atoms with Gasteiger partial charge in [0.05, 0.1) is 13.7 Å². The molecule has 0 fully saturated rings. The topological polar surface area (TPSA) is 55.8 Å². The Bertz CT molecular complexity index is 331. The van der Waals surface area contributed by atoms with Gasteiger partial charge in [0.15, 0.2) is 6.10 Å². The zero-order chi connectivity index (χ0) is 12.0. The molecule has 0 unspecified atom stereocenters. The summed E-state index contributed by atoms with van der Waals surface area (Å²) in [7, 11) is 1.62. The third kappa shape index (κ3) is 3.90. The van der Waals surface area contributed by atoms with Crippen LogP contribution in [0.5, 0.6) is 5.75 Å². The molecule has 0 saturated heterocycles. The van der Waals surface area contributed by atoms with E-state index in [9.17, 15) is 4.79 Å². The molecule has 0 radical (unpaired) electrons. The van der Waals surface area contributed by atoms with Crippen molar-refractivity contribution in [3.05, 3.63) is 29.8 Å². The summed E-state index contributed by atoms with van der Waals surface area (Å²) in [6.07, 6.45) is -0.0556. The molecule has 0 heterocycles. The highest BCUT2D eigenvalue weighted by Gasteiger charge is 2.09. The van der Waals surface area contributed by atoms with Crippen molar-refractivity contribution in [1.82, 2.24) is 0 Å². The van der Waals surface area contributed by atoms with E-state index in [-0.39, 0.29) is 0 Å². The molecule has 4 nitrogen and oxygen atoms in total. The van der Waals surface area contributed by atoms with Crippen molar-refractivity contribution in [1.29, 1.82) is 0 Å². The maximum absolute atomic E-state index is 10.5. The third-order valence-corrected chi connectivity index (χ3v) is 2.27. The predicted octanol–water partition coefficient (Wildman–Crippen LogP) is 1.73. The van der Waals surface area contributed by atoms with Crippen molar-refractivity contribution in [2.45, 2.75) is 19.4 Å². The minimum Gasteiger partial charge on any atom is -0.497 e. The fourth-order valence-corrected chi connectivity index (χ4v) is 1.22. The maximum atomic E-state index is 10.5. The quantitative estimate of drug-likeness (QED) is 0.799. The van der Waals surface area contributed by atoms with Gasteiger partial charge in [-0.05, 0) is 31.0 Å². The van der Waals surface area contributed by atoms with Crippen LogP contribution in [0.1, 0.15) is 12.5 Å². The average molecular weight is 224 g/mol. The van der Waals surface area contributed by atoms with E-state index in [1.165, 1.54) is 6.92 Å². The van der Waals surface area contributed by atoms with E-state index in [1.807, 2.05) is 24.3 Å². The van der Waals surface area contributed by atoms with Crippen LogP contribution in [0.25, 0.3) is 0 Å². The van der Waals surface area contributed by atoms with Crippen LogP contribution in [0.2, 0.25) is 0 Å². The van der Waals surface area contributed by atoms with Gasteiger partial charge in [0.2, 0.25) is 0 Å². The van der Waals surface area contributed by atoms with Crippen LogP contribution in [0.4, 0.5) is 0 Å². The summed E-state index contributed by atoms with van der Waals surface area (Å²) >= 11 is 0. The van der Waals surface area contributed by atoms with Gasteiger partial charge in [-0.3, -0.25) is 0 Å². The van der Waals surface area contributed by atoms with Crippen LogP contribution in [0, 0.1) is 0 Å². The van der Waals surface area contributed by atoms with Crippen molar-refractivity contribution in [3.8, 4) is 5.75 Å². The molecule has 0 aliphatic rings. The summed E-state index contributed by atoms with van der Waals surface area (Å²) in [6, 6.07) is 7.62. The molecule has 0 aliphatic heterocycles. The van der Waals surface area contributed by atoms with Crippen molar-refractivity contribution in [2.75, 3.05) is 13.7 Å². The summed E-state index contributed by atoms with van der Waals surface area (Å²) in [6.45, 7) is 1.93. The largest absolute Gasteiger partial charge is 0.497 e. The molecule has 16 heavy (non-hydrogen) atoms. The number of carboxylic acids is 1. The van der Waals surface area contributed by atoms with Crippen LogP contribution in [-0.4, -0.2) is 30.9 Å². The number of aliphatic carboxylic acids is 1. The van der Waals surface area contributed by atoms with Crippen molar-refractivity contribution in [2.24, 2.45) is 0 Å². The van der Waals surface area contributed by atoms with Gasteiger partial charge in [0.1, 0.15) is 5.75 Å². The van der Waals surface area contributed by atoms with Crippen LogP contribution >= 0.6 is 0 Å². The van der Waals surface area contributed by atoms with E-state index in [4.69, 9.17) is 14.6 Å². The molecule has 1 N–H and O–H groups in total. The summed E-state index contributed by atoms with van der Waals surface area (Å²) in [5.74, 6) is -0.127. The number of ether oxygens (including phenoxy) is 2. The summed E-state index contributed by atoms with van der Waals surface area (Å²) in [5, 5.41) is 8.61. The summed E-state index contributed by atoms with van der Waals surface area (Å²) in [5.41, 5.74) is 1.10. The van der Waals surface area contributed by atoms with Gasteiger partial charge in [-0.2, -0.15) is 0 Å². The zero-order valence-corrected chi connectivity index (χ0v) is 9.47. The van der Waals surface area contributed by atoms with Gasteiger partial charge in [-0.15, -0.1) is 0 Å². The number of carboxylic acid groups (broad SMARTS) is 1. The second-order valence-corrected chi connectivity index (χ2v) is 3.45. The van der Waals surface area contributed by atoms with E-state index >= 15 is 0 Å². The molecule has 0 bridgehead atoms. The Balaban J connectivity index is 2.34. The first-order valence-electron chi connectivity index (χ1n) is 5.11. The van der Waals surface area contributed by atoms with E-state index in [2.05, 4.69) is 0 Å². The Labute approximate surface area is 94.8 Å². The van der Waals surface area contributed by atoms with E-state index in [0.29, 0.717) is 13.0 Å². The monoisotopic (exact) mass is 224 g/mol. The highest BCUT2D eigenvalue weighted by atomic mass is 16.5. The number of carbonyl (C=O) groups is 1. The van der Waals surface area contributed by atoms with E-state index < -0.39 is 12.1 Å². The Morgan fingerprint density at radius 2 is 2.00 bits per heavy atom. The lowest BCUT2D eigenvalue weighted by Gasteiger charge is -2.08. The van der Waals surface area contributed by atoms with Crippen LogP contribution in [-0.2, 0) is 16.0 Å². The second kappa shape index (κ2) is 6.12. The lowest BCUT2D eigenvalue weighted by atomic mass is 10.1. The van der Waals surface area contributed by atoms with Gasteiger partial charge in [0.25, 0.3) is 0 Å². The predicted molar refractivity (Wildman–Crippen MR) is 59.7 cm³/mol. The second-order valence-electron chi connectivity index (χ2n) is 3.45. The molecule has 1 aromatic carbocycles. The molecule has 4 heteroatoms. The molecule has 0 saturated carbocycles. The van der Waals surface area contributed by atoms with Crippen LogP contribution in [0.3, 0.4) is 0 Å². The molecule has 0 amide bonds. The summed E-state index contributed by atoms with van der Waals surface area (Å²) < 4.78 is 10.2. The van der Waals surface area contributed by atoms with E-state index in [1.54, 1.807) is 7.11 Å². The zero-order valence-electron chi connectivity index (χ0n) is 9.47. The standard InChI is InChI=1S/C12H16O4/c1-9(12(13)14)16-8-7-10-3-5-11(15-2)6-4-10/h3-6,9H,7-8H2,1-2H3,(H,13,14)/t9-/m1/s1. The Morgan fingerprint density at radius 3 is 2.50 bits per heavy atom. The molecule has 0 aliphatic carbocycles. The Kier molecular flexibility index (Phi) is 4.79.